The van der Waals surface area contributed by atoms with Gasteiger partial charge in [0.15, 0.2) is 34.5 Å². The van der Waals surface area contributed by atoms with Gasteiger partial charge in [-0.1, -0.05) is 39.0 Å². The van der Waals surface area contributed by atoms with Crippen molar-refractivity contribution in [2.75, 3.05) is 4.90 Å². The Morgan fingerprint density at radius 2 is 1.19 bits per heavy atom. The largest absolute Gasteiger partial charge is 0.447 e. The van der Waals surface area contributed by atoms with E-state index in [0.717, 1.165) is 51.6 Å². The number of para-hydroxylation sites is 2. The number of ether oxygens (including phenoxy) is 3. The molecule has 0 aromatic heterocycles. The van der Waals surface area contributed by atoms with Crippen LogP contribution >= 0.6 is 0 Å². The second-order valence-corrected chi connectivity index (χ2v) is 7.89. The van der Waals surface area contributed by atoms with Crippen LogP contribution in [0.2, 0.25) is 0 Å². The molecule has 3 aromatic rings. The highest BCUT2D eigenvalue weighted by Crippen LogP contribution is 2.65. The van der Waals surface area contributed by atoms with Gasteiger partial charge in [0, 0.05) is 5.56 Å². The predicted octanol–water partition coefficient (Wildman–Crippen LogP) is 6.77. The molecule has 0 saturated carbocycles. The standard InChI is InChI=1S/C22H17NO3/c1-22(2,3)12-10-11-15(21-18(12)26-21)23(13-6-4-8-16-19(13)24-16)14-7-5-9-17-20(14)25-17/h4-11H,1-3H3. The number of hydrogen-bond donors (Lipinski definition) is 0. The molecule has 0 bridgehead atoms. The van der Waals surface area contributed by atoms with E-state index in [4.69, 9.17) is 14.2 Å². The summed E-state index contributed by atoms with van der Waals surface area (Å²) in [4.78, 5) is 2.18. The zero-order valence-corrected chi connectivity index (χ0v) is 14.8. The fourth-order valence-electron chi connectivity index (χ4n) is 3.59. The van der Waals surface area contributed by atoms with Gasteiger partial charge in [0.1, 0.15) is 0 Å². The van der Waals surface area contributed by atoms with Gasteiger partial charge in [-0.15, -0.1) is 0 Å². The molecule has 3 heterocycles. The first-order valence-corrected chi connectivity index (χ1v) is 8.79. The third-order valence-corrected chi connectivity index (χ3v) is 5.04. The minimum atomic E-state index is 0.0498. The molecular weight excluding hydrogens is 326 g/mol. The molecule has 0 radical (unpaired) electrons. The van der Waals surface area contributed by atoms with Gasteiger partial charge in [0.25, 0.3) is 0 Å². The number of fused-ring (bicyclic) bond motifs is 3. The van der Waals surface area contributed by atoms with Crippen LogP contribution in [-0.4, -0.2) is 0 Å². The fraction of sp³-hybridized carbons (Fsp3) is 0.182. The van der Waals surface area contributed by atoms with Crippen LogP contribution < -0.4 is 19.1 Å². The Balaban J connectivity index is 1.55. The molecule has 0 unspecified atom stereocenters. The lowest BCUT2D eigenvalue weighted by Gasteiger charge is -2.23. The Bertz CT molecular complexity index is 1060. The monoisotopic (exact) mass is 343 g/mol. The first-order chi connectivity index (χ1) is 12.5. The second-order valence-electron chi connectivity index (χ2n) is 7.89. The van der Waals surface area contributed by atoms with Crippen LogP contribution in [0, 0.1) is 0 Å². The van der Waals surface area contributed by atoms with Gasteiger partial charge >= 0.3 is 0 Å². The predicted molar refractivity (Wildman–Crippen MR) is 100 cm³/mol. The zero-order chi connectivity index (χ0) is 17.6. The van der Waals surface area contributed by atoms with E-state index < -0.39 is 0 Å². The summed E-state index contributed by atoms with van der Waals surface area (Å²) in [5.41, 5.74) is 4.31. The van der Waals surface area contributed by atoms with Crippen LogP contribution in [0.5, 0.6) is 34.5 Å². The first kappa shape index (κ1) is 14.1. The maximum absolute atomic E-state index is 5.94. The average Bonchev–Trinajstić information content (AvgIpc) is 3.47. The van der Waals surface area contributed by atoms with Crippen molar-refractivity contribution in [3.8, 4) is 34.5 Å². The summed E-state index contributed by atoms with van der Waals surface area (Å²) >= 11 is 0. The lowest BCUT2D eigenvalue weighted by molar-refractivity contribution is 0.565. The zero-order valence-electron chi connectivity index (χ0n) is 14.8. The molecule has 0 aliphatic carbocycles. The molecule has 0 N–H and O–H groups in total. The lowest BCUT2D eigenvalue weighted by Crippen LogP contribution is -2.11. The molecule has 0 saturated heterocycles. The van der Waals surface area contributed by atoms with Crippen molar-refractivity contribution < 1.29 is 14.2 Å². The number of benzene rings is 3. The summed E-state index contributed by atoms with van der Waals surface area (Å²) in [6.45, 7) is 6.61. The topological polar surface area (TPSA) is 40.8 Å². The maximum Gasteiger partial charge on any atom is 0.194 e. The van der Waals surface area contributed by atoms with E-state index in [1.54, 1.807) is 0 Å². The van der Waals surface area contributed by atoms with Crippen molar-refractivity contribution in [1.82, 2.24) is 0 Å². The Kier molecular flexibility index (Phi) is 2.34. The van der Waals surface area contributed by atoms with Gasteiger partial charge in [-0.05, 0) is 35.7 Å². The van der Waals surface area contributed by atoms with Crippen molar-refractivity contribution in [3.05, 3.63) is 54.1 Å². The molecule has 3 aliphatic heterocycles. The smallest absolute Gasteiger partial charge is 0.194 e. The van der Waals surface area contributed by atoms with Crippen molar-refractivity contribution in [3.63, 3.8) is 0 Å². The second kappa shape index (κ2) is 4.33. The van der Waals surface area contributed by atoms with Crippen LogP contribution in [-0.2, 0) is 5.41 Å². The Hall–Kier alpha value is -3.14. The van der Waals surface area contributed by atoms with E-state index in [1.165, 1.54) is 5.56 Å². The van der Waals surface area contributed by atoms with Crippen LogP contribution in [0.3, 0.4) is 0 Å². The molecule has 128 valence electrons. The van der Waals surface area contributed by atoms with Gasteiger partial charge in [0.05, 0.1) is 17.1 Å². The molecule has 6 rings (SSSR count). The quantitative estimate of drug-likeness (QED) is 0.332. The van der Waals surface area contributed by atoms with E-state index in [9.17, 15) is 0 Å². The van der Waals surface area contributed by atoms with Crippen LogP contribution in [0.4, 0.5) is 17.1 Å². The number of rotatable bonds is 3. The molecule has 4 heteroatoms. The lowest BCUT2D eigenvalue weighted by atomic mass is 9.87. The molecule has 0 amide bonds. The summed E-state index contributed by atoms with van der Waals surface area (Å²) in [6.07, 6.45) is 0. The molecule has 3 aliphatic rings. The SMILES string of the molecule is CC(C)(C)c1ccc(N(c2cccc3c2O3)c2cccc3c2O3)c2c1O2. The van der Waals surface area contributed by atoms with Gasteiger partial charge in [-0.2, -0.15) is 0 Å². The molecule has 0 spiro atoms. The van der Waals surface area contributed by atoms with Crippen molar-refractivity contribution in [2.45, 2.75) is 26.2 Å². The number of nitrogens with zero attached hydrogens (tertiary/aromatic N) is 1. The van der Waals surface area contributed by atoms with Crippen LogP contribution in [0.1, 0.15) is 26.3 Å². The van der Waals surface area contributed by atoms with Gasteiger partial charge in [-0.25, -0.2) is 0 Å². The van der Waals surface area contributed by atoms with E-state index in [-0.39, 0.29) is 5.41 Å². The highest BCUT2D eigenvalue weighted by Gasteiger charge is 2.40. The van der Waals surface area contributed by atoms with E-state index in [1.807, 2.05) is 24.3 Å². The van der Waals surface area contributed by atoms with E-state index in [2.05, 4.69) is 49.9 Å². The van der Waals surface area contributed by atoms with Crippen LogP contribution in [0.15, 0.2) is 48.5 Å². The normalized spacial score (nSPS) is 14.1. The van der Waals surface area contributed by atoms with E-state index in [0.29, 0.717) is 0 Å². The molecule has 4 nitrogen and oxygen atoms in total. The molecule has 0 fully saturated rings. The maximum atomic E-state index is 5.94. The summed E-state index contributed by atoms with van der Waals surface area (Å²) in [6, 6.07) is 16.4. The third kappa shape index (κ3) is 1.90. The molecule has 0 atom stereocenters. The van der Waals surface area contributed by atoms with Gasteiger partial charge in [0.2, 0.25) is 0 Å². The Morgan fingerprint density at radius 1 is 0.615 bits per heavy atom. The fourth-order valence-corrected chi connectivity index (χ4v) is 3.59. The van der Waals surface area contributed by atoms with Gasteiger partial charge in [-0.3, -0.25) is 4.90 Å². The van der Waals surface area contributed by atoms with Gasteiger partial charge < -0.3 is 14.2 Å². The summed E-state index contributed by atoms with van der Waals surface area (Å²) in [5, 5.41) is 0. The minimum Gasteiger partial charge on any atom is -0.447 e. The Labute approximate surface area is 151 Å². The van der Waals surface area contributed by atoms with Crippen molar-refractivity contribution in [2.24, 2.45) is 0 Å². The highest BCUT2D eigenvalue weighted by atomic mass is 16.6. The average molecular weight is 343 g/mol. The minimum absolute atomic E-state index is 0.0498. The molecular formula is C22H17NO3. The highest BCUT2D eigenvalue weighted by molar-refractivity contribution is 5.94. The summed E-state index contributed by atoms with van der Waals surface area (Å²) in [5.74, 6) is 5.63. The third-order valence-electron chi connectivity index (χ3n) is 5.04. The summed E-state index contributed by atoms with van der Waals surface area (Å²) < 4.78 is 17.3. The van der Waals surface area contributed by atoms with E-state index >= 15 is 0 Å². The van der Waals surface area contributed by atoms with Crippen LogP contribution in [0.25, 0.3) is 0 Å². The number of hydrogen-bond acceptors (Lipinski definition) is 4. The Morgan fingerprint density at radius 3 is 1.77 bits per heavy atom. The summed E-state index contributed by atoms with van der Waals surface area (Å²) in [7, 11) is 0. The molecule has 26 heavy (non-hydrogen) atoms. The van der Waals surface area contributed by atoms with Crippen molar-refractivity contribution in [1.29, 1.82) is 0 Å². The molecule has 3 aromatic carbocycles. The first-order valence-electron chi connectivity index (χ1n) is 8.79. The van der Waals surface area contributed by atoms with Crippen molar-refractivity contribution >= 4 is 17.1 Å². The number of anilines is 3.